The second kappa shape index (κ2) is 5.95. The predicted molar refractivity (Wildman–Crippen MR) is 92.6 cm³/mol. The van der Waals surface area contributed by atoms with Gasteiger partial charge in [0.25, 0.3) is 0 Å². The molecule has 1 heterocycles. The highest BCUT2D eigenvalue weighted by molar-refractivity contribution is 6.11. The maximum Gasteiger partial charge on any atom is 0.202 e. The minimum atomic E-state index is -0.675. The van der Waals surface area contributed by atoms with E-state index in [0.29, 0.717) is 19.4 Å². The molecule has 4 rings (SSSR count). The molecule has 1 aromatic rings. The van der Waals surface area contributed by atoms with Gasteiger partial charge in [-0.2, -0.15) is 0 Å². The van der Waals surface area contributed by atoms with Gasteiger partial charge < -0.3 is 9.47 Å². The number of methoxy groups -OCH3 is 1. The molecule has 0 spiro atoms. The van der Waals surface area contributed by atoms with Gasteiger partial charge in [0.1, 0.15) is 0 Å². The Balaban J connectivity index is 1.71. The van der Waals surface area contributed by atoms with Crippen LogP contribution in [0, 0.1) is 17.3 Å². The van der Waals surface area contributed by atoms with Gasteiger partial charge >= 0.3 is 0 Å². The molecule has 1 saturated heterocycles. The zero-order chi connectivity index (χ0) is 17.6. The van der Waals surface area contributed by atoms with Crippen molar-refractivity contribution in [1.29, 1.82) is 0 Å². The number of carbonyl (C=O) groups excluding carboxylic acids is 2. The van der Waals surface area contributed by atoms with Crippen LogP contribution in [0.25, 0.3) is 0 Å². The molecule has 0 bridgehead atoms. The second-order valence-corrected chi connectivity index (χ2v) is 7.37. The van der Waals surface area contributed by atoms with Crippen LogP contribution in [-0.2, 0) is 19.1 Å². The quantitative estimate of drug-likeness (QED) is 0.776. The van der Waals surface area contributed by atoms with Gasteiger partial charge in [0, 0.05) is 17.4 Å². The van der Waals surface area contributed by atoms with E-state index in [1.54, 1.807) is 0 Å². The van der Waals surface area contributed by atoms with Crippen LogP contribution < -0.4 is 0 Å². The average molecular weight is 338 g/mol. The summed E-state index contributed by atoms with van der Waals surface area (Å²) in [7, 11) is 1.45. The van der Waals surface area contributed by atoms with Crippen molar-refractivity contribution in [3.8, 4) is 0 Å². The van der Waals surface area contributed by atoms with Gasteiger partial charge in [-0.25, -0.2) is 0 Å². The number of rotatable bonds is 2. The van der Waals surface area contributed by atoms with E-state index < -0.39 is 5.41 Å². The van der Waals surface area contributed by atoms with E-state index in [4.69, 9.17) is 9.47 Å². The van der Waals surface area contributed by atoms with Crippen molar-refractivity contribution >= 4 is 11.6 Å². The SMILES string of the molecule is COC1=CC(=O)[C@]2(C)CC=C3CO[C@H](c4ccccc4)C[C@@H]3[C@H]2C1=O. The maximum absolute atomic E-state index is 13.0. The Labute approximate surface area is 147 Å². The fraction of sp³-hybridized carbons (Fsp3) is 0.429. The van der Waals surface area contributed by atoms with Crippen LogP contribution in [-0.4, -0.2) is 25.3 Å². The highest BCUT2D eigenvalue weighted by atomic mass is 16.5. The lowest BCUT2D eigenvalue weighted by Gasteiger charge is -2.48. The van der Waals surface area contributed by atoms with E-state index in [1.165, 1.54) is 13.2 Å². The number of benzene rings is 1. The Morgan fingerprint density at radius 2 is 1.96 bits per heavy atom. The standard InChI is InChI=1S/C21H22O4/c1-21-9-8-14-12-25-16(13-6-4-3-5-7-13)10-15(14)19(21)20(23)17(24-2)11-18(21)22/h3-8,11,15-16,19H,9-10,12H2,1-2H3/t15-,16-,19-,21-/m0/s1. The molecule has 130 valence electrons. The Hall–Kier alpha value is -2.20. The number of ether oxygens (including phenoxy) is 2. The van der Waals surface area contributed by atoms with Gasteiger partial charge in [-0.1, -0.05) is 43.3 Å². The highest BCUT2D eigenvalue weighted by Crippen LogP contribution is 2.53. The Morgan fingerprint density at radius 3 is 2.68 bits per heavy atom. The molecule has 4 atom stereocenters. The molecule has 0 saturated carbocycles. The van der Waals surface area contributed by atoms with Gasteiger partial charge in [-0.05, 0) is 29.9 Å². The van der Waals surface area contributed by atoms with E-state index in [-0.39, 0.29) is 35.3 Å². The van der Waals surface area contributed by atoms with Crippen LogP contribution in [0.5, 0.6) is 0 Å². The predicted octanol–water partition coefficient (Wildman–Crippen LogP) is 3.40. The van der Waals surface area contributed by atoms with Crippen molar-refractivity contribution < 1.29 is 19.1 Å². The minimum absolute atomic E-state index is 0.00740. The summed E-state index contributed by atoms with van der Waals surface area (Å²) in [5, 5.41) is 0. The van der Waals surface area contributed by atoms with Crippen LogP contribution in [0.4, 0.5) is 0 Å². The van der Waals surface area contributed by atoms with Gasteiger partial charge in [0.2, 0.25) is 5.78 Å². The molecular weight excluding hydrogens is 316 g/mol. The second-order valence-electron chi connectivity index (χ2n) is 7.37. The normalized spacial score (nSPS) is 34.6. The largest absolute Gasteiger partial charge is 0.493 e. The Bertz CT molecular complexity index is 776. The van der Waals surface area contributed by atoms with Gasteiger partial charge in [-0.15, -0.1) is 0 Å². The van der Waals surface area contributed by atoms with Crippen molar-refractivity contribution in [2.24, 2.45) is 17.3 Å². The molecule has 3 aliphatic rings. The maximum atomic E-state index is 13.0. The molecule has 0 radical (unpaired) electrons. The third-order valence-electron chi connectivity index (χ3n) is 6.01. The van der Waals surface area contributed by atoms with E-state index in [2.05, 4.69) is 18.2 Å². The molecule has 0 unspecified atom stereocenters. The van der Waals surface area contributed by atoms with Crippen molar-refractivity contribution in [2.75, 3.05) is 13.7 Å². The third-order valence-corrected chi connectivity index (χ3v) is 6.01. The van der Waals surface area contributed by atoms with Crippen molar-refractivity contribution in [3.05, 3.63) is 59.4 Å². The fourth-order valence-corrected chi connectivity index (χ4v) is 4.52. The molecule has 1 fully saturated rings. The number of carbonyl (C=O) groups is 2. The van der Waals surface area contributed by atoms with Crippen LogP contribution in [0.1, 0.15) is 31.4 Å². The third kappa shape index (κ3) is 2.47. The molecule has 0 N–H and O–H groups in total. The molecule has 1 aliphatic heterocycles. The van der Waals surface area contributed by atoms with E-state index in [1.807, 2.05) is 25.1 Å². The first kappa shape index (κ1) is 16.3. The van der Waals surface area contributed by atoms with Gasteiger partial charge in [0.15, 0.2) is 11.5 Å². The van der Waals surface area contributed by atoms with E-state index in [0.717, 1.165) is 11.1 Å². The van der Waals surface area contributed by atoms with E-state index >= 15 is 0 Å². The first-order valence-corrected chi connectivity index (χ1v) is 8.74. The number of allylic oxidation sites excluding steroid dienone is 3. The first-order chi connectivity index (χ1) is 12.0. The van der Waals surface area contributed by atoms with Crippen LogP contribution in [0.2, 0.25) is 0 Å². The van der Waals surface area contributed by atoms with Crippen LogP contribution in [0.3, 0.4) is 0 Å². The molecule has 1 aromatic carbocycles. The monoisotopic (exact) mass is 338 g/mol. The summed E-state index contributed by atoms with van der Waals surface area (Å²) in [4.78, 5) is 25.7. The zero-order valence-corrected chi connectivity index (χ0v) is 14.5. The highest BCUT2D eigenvalue weighted by Gasteiger charge is 2.55. The Morgan fingerprint density at radius 1 is 1.20 bits per heavy atom. The summed E-state index contributed by atoms with van der Waals surface area (Å²) in [5.74, 6) is -0.208. The lowest BCUT2D eigenvalue weighted by atomic mass is 9.56. The van der Waals surface area contributed by atoms with Crippen molar-refractivity contribution in [1.82, 2.24) is 0 Å². The molecule has 25 heavy (non-hydrogen) atoms. The molecular formula is C21H22O4. The summed E-state index contributed by atoms with van der Waals surface area (Å²) in [6.45, 7) is 2.44. The molecule has 2 aliphatic carbocycles. The molecule has 0 aromatic heterocycles. The number of hydrogen-bond donors (Lipinski definition) is 0. The average Bonchev–Trinajstić information content (AvgIpc) is 2.64. The number of Topliss-reactive ketones (excluding diaryl/α,β-unsaturated/α-hetero) is 1. The zero-order valence-electron chi connectivity index (χ0n) is 14.5. The van der Waals surface area contributed by atoms with Crippen LogP contribution in [0.15, 0.2) is 53.8 Å². The smallest absolute Gasteiger partial charge is 0.202 e. The summed E-state index contributed by atoms with van der Waals surface area (Å²) < 4.78 is 11.3. The minimum Gasteiger partial charge on any atom is -0.493 e. The molecule has 4 heteroatoms. The lowest BCUT2D eigenvalue weighted by Crippen LogP contribution is -2.51. The lowest BCUT2D eigenvalue weighted by molar-refractivity contribution is -0.143. The first-order valence-electron chi connectivity index (χ1n) is 8.74. The fourth-order valence-electron chi connectivity index (χ4n) is 4.52. The van der Waals surface area contributed by atoms with Gasteiger partial charge in [0.05, 0.1) is 19.8 Å². The Kier molecular flexibility index (Phi) is 3.88. The summed E-state index contributed by atoms with van der Waals surface area (Å²) >= 11 is 0. The number of ketones is 2. The number of hydrogen-bond acceptors (Lipinski definition) is 4. The topological polar surface area (TPSA) is 52.6 Å². The number of fused-ring (bicyclic) bond motifs is 3. The summed E-state index contributed by atoms with van der Waals surface area (Å²) in [6.07, 6.45) is 4.74. The summed E-state index contributed by atoms with van der Waals surface area (Å²) in [5.41, 5.74) is 1.59. The van der Waals surface area contributed by atoms with Crippen molar-refractivity contribution in [3.63, 3.8) is 0 Å². The summed E-state index contributed by atoms with van der Waals surface area (Å²) in [6, 6.07) is 10.1. The molecule has 4 nitrogen and oxygen atoms in total. The van der Waals surface area contributed by atoms with E-state index in [9.17, 15) is 9.59 Å². The van der Waals surface area contributed by atoms with Crippen molar-refractivity contribution in [2.45, 2.75) is 25.9 Å². The van der Waals surface area contributed by atoms with Gasteiger partial charge in [-0.3, -0.25) is 9.59 Å². The molecule has 0 amide bonds. The van der Waals surface area contributed by atoms with Crippen LogP contribution >= 0.6 is 0 Å².